The van der Waals surface area contributed by atoms with E-state index in [4.69, 9.17) is 23.7 Å². The maximum Gasteiger partial charge on any atom is 0.303 e. The molecule has 0 bridgehead atoms. The first-order chi connectivity index (χ1) is 12.3. The highest BCUT2D eigenvalue weighted by atomic mass is 16.7. The van der Waals surface area contributed by atoms with Gasteiger partial charge in [-0.1, -0.05) is 18.2 Å². The third kappa shape index (κ3) is 5.19. The number of carbonyl (C=O) groups is 3. The molecular formula is C18H22O8. The number of hydrogen-bond acceptors (Lipinski definition) is 8. The van der Waals surface area contributed by atoms with Crippen LogP contribution in [0, 0.1) is 6.92 Å². The predicted octanol–water partition coefficient (Wildman–Crippen LogP) is 1.53. The molecule has 0 saturated carbocycles. The topological polar surface area (TPSA) is 97.4 Å². The zero-order valence-corrected chi connectivity index (χ0v) is 15.1. The van der Waals surface area contributed by atoms with Crippen molar-refractivity contribution in [1.82, 2.24) is 0 Å². The van der Waals surface area contributed by atoms with Gasteiger partial charge in [0.25, 0.3) is 0 Å². The molecule has 2 rings (SSSR count). The van der Waals surface area contributed by atoms with Gasteiger partial charge < -0.3 is 23.7 Å². The number of rotatable bonds is 5. The third-order valence-electron chi connectivity index (χ3n) is 3.64. The summed E-state index contributed by atoms with van der Waals surface area (Å²) in [6.07, 6.45) is -4.11. The van der Waals surface area contributed by atoms with Gasteiger partial charge in [-0.2, -0.15) is 0 Å². The standard InChI is InChI=1S/C18H22O8/c1-10-7-5-6-8-14(10)26-18-17(25-13(4)21)16(24-12(3)20)15(9-22-18)23-11(2)19/h5-8,15-18H,9H2,1-4H3. The molecule has 4 unspecified atom stereocenters. The van der Waals surface area contributed by atoms with Gasteiger partial charge in [-0.3, -0.25) is 14.4 Å². The second-order valence-corrected chi connectivity index (χ2v) is 5.88. The van der Waals surface area contributed by atoms with Crippen molar-refractivity contribution < 1.29 is 38.1 Å². The van der Waals surface area contributed by atoms with Gasteiger partial charge in [0.05, 0.1) is 6.61 Å². The first-order valence-electron chi connectivity index (χ1n) is 8.13. The minimum Gasteiger partial charge on any atom is -0.460 e. The summed E-state index contributed by atoms with van der Waals surface area (Å²) in [5.74, 6) is -1.27. The lowest BCUT2D eigenvalue weighted by molar-refractivity contribution is -0.259. The van der Waals surface area contributed by atoms with Crippen molar-refractivity contribution in [1.29, 1.82) is 0 Å². The Morgan fingerprint density at radius 2 is 1.50 bits per heavy atom. The molecule has 8 nitrogen and oxygen atoms in total. The number of carbonyl (C=O) groups excluding carboxylic acids is 3. The van der Waals surface area contributed by atoms with Crippen LogP contribution in [0.3, 0.4) is 0 Å². The van der Waals surface area contributed by atoms with Gasteiger partial charge in [-0.15, -0.1) is 0 Å². The van der Waals surface area contributed by atoms with E-state index in [-0.39, 0.29) is 6.61 Å². The summed E-state index contributed by atoms with van der Waals surface area (Å²) in [7, 11) is 0. The smallest absolute Gasteiger partial charge is 0.303 e. The molecule has 0 aliphatic carbocycles. The Morgan fingerprint density at radius 1 is 0.923 bits per heavy atom. The van der Waals surface area contributed by atoms with Gasteiger partial charge >= 0.3 is 17.9 Å². The lowest BCUT2D eigenvalue weighted by Crippen LogP contribution is -2.59. The van der Waals surface area contributed by atoms with E-state index in [0.717, 1.165) is 5.56 Å². The van der Waals surface area contributed by atoms with Crippen LogP contribution >= 0.6 is 0 Å². The van der Waals surface area contributed by atoms with Crippen molar-refractivity contribution in [2.24, 2.45) is 0 Å². The summed E-state index contributed by atoms with van der Waals surface area (Å²) in [5.41, 5.74) is 0.851. The van der Waals surface area contributed by atoms with Crippen LogP contribution in [0.25, 0.3) is 0 Å². The summed E-state index contributed by atoms with van der Waals surface area (Å²) >= 11 is 0. The van der Waals surface area contributed by atoms with Crippen molar-refractivity contribution >= 4 is 17.9 Å². The van der Waals surface area contributed by atoms with E-state index in [1.54, 1.807) is 12.1 Å². The highest BCUT2D eigenvalue weighted by Crippen LogP contribution is 2.28. The maximum atomic E-state index is 11.6. The zero-order valence-electron chi connectivity index (χ0n) is 15.1. The lowest BCUT2D eigenvalue weighted by atomic mass is 10.0. The summed E-state index contributed by atoms with van der Waals surface area (Å²) in [5, 5.41) is 0. The van der Waals surface area contributed by atoms with Crippen molar-refractivity contribution in [3.63, 3.8) is 0 Å². The number of esters is 3. The average molecular weight is 366 g/mol. The molecule has 8 heteroatoms. The van der Waals surface area contributed by atoms with Crippen LogP contribution in [0.15, 0.2) is 24.3 Å². The van der Waals surface area contributed by atoms with E-state index < -0.39 is 42.5 Å². The summed E-state index contributed by atoms with van der Waals surface area (Å²) < 4.78 is 27.1. The van der Waals surface area contributed by atoms with Crippen LogP contribution in [0.2, 0.25) is 0 Å². The Kier molecular flexibility index (Phi) is 6.57. The Labute approximate surface area is 151 Å². The van der Waals surface area contributed by atoms with Crippen molar-refractivity contribution in [3.8, 4) is 5.75 Å². The molecule has 4 atom stereocenters. The van der Waals surface area contributed by atoms with Gasteiger partial charge in [-0.25, -0.2) is 0 Å². The van der Waals surface area contributed by atoms with Crippen LogP contribution in [0.5, 0.6) is 5.75 Å². The number of aryl methyl sites for hydroxylation is 1. The van der Waals surface area contributed by atoms with Crippen LogP contribution < -0.4 is 4.74 Å². The SMILES string of the molecule is CC(=O)OC1COC(Oc2ccccc2C)C(OC(C)=O)C1OC(C)=O. The predicted molar refractivity (Wildman–Crippen MR) is 88.2 cm³/mol. The highest BCUT2D eigenvalue weighted by Gasteiger charge is 2.48. The van der Waals surface area contributed by atoms with E-state index in [9.17, 15) is 14.4 Å². The first kappa shape index (κ1) is 19.7. The molecule has 1 heterocycles. The Morgan fingerprint density at radius 3 is 2.08 bits per heavy atom. The van der Waals surface area contributed by atoms with Gasteiger partial charge in [0.1, 0.15) is 5.75 Å². The van der Waals surface area contributed by atoms with Gasteiger partial charge in [0, 0.05) is 20.8 Å². The fourth-order valence-electron chi connectivity index (χ4n) is 2.62. The molecule has 26 heavy (non-hydrogen) atoms. The Balaban J connectivity index is 2.29. The minimum atomic E-state index is -1.10. The first-order valence-corrected chi connectivity index (χ1v) is 8.13. The monoisotopic (exact) mass is 366 g/mol. The van der Waals surface area contributed by atoms with Crippen molar-refractivity contribution in [3.05, 3.63) is 29.8 Å². The summed E-state index contributed by atoms with van der Waals surface area (Å²) in [6, 6.07) is 7.23. The van der Waals surface area contributed by atoms with Crippen LogP contribution in [-0.4, -0.2) is 49.1 Å². The van der Waals surface area contributed by atoms with E-state index >= 15 is 0 Å². The third-order valence-corrected chi connectivity index (χ3v) is 3.64. The molecule has 1 aromatic rings. The fraction of sp³-hybridized carbons (Fsp3) is 0.500. The second kappa shape index (κ2) is 8.66. The van der Waals surface area contributed by atoms with E-state index in [1.807, 2.05) is 19.1 Å². The van der Waals surface area contributed by atoms with Crippen LogP contribution in [0.4, 0.5) is 0 Å². The zero-order chi connectivity index (χ0) is 19.3. The maximum absolute atomic E-state index is 11.6. The van der Waals surface area contributed by atoms with Crippen molar-refractivity contribution in [2.75, 3.05) is 6.61 Å². The molecule has 1 aliphatic rings. The molecule has 1 aliphatic heterocycles. The molecule has 1 aromatic carbocycles. The number of hydrogen-bond donors (Lipinski definition) is 0. The normalized spacial score (nSPS) is 25.1. The second-order valence-electron chi connectivity index (χ2n) is 5.88. The fourth-order valence-corrected chi connectivity index (χ4v) is 2.62. The number of para-hydroxylation sites is 1. The quantitative estimate of drug-likeness (QED) is 0.572. The molecule has 0 amide bonds. The molecule has 0 spiro atoms. The van der Waals surface area contributed by atoms with Crippen LogP contribution in [-0.2, 0) is 33.3 Å². The molecule has 142 valence electrons. The largest absolute Gasteiger partial charge is 0.460 e. The van der Waals surface area contributed by atoms with E-state index in [0.29, 0.717) is 5.75 Å². The van der Waals surface area contributed by atoms with E-state index in [1.165, 1.54) is 20.8 Å². The molecule has 1 fully saturated rings. The van der Waals surface area contributed by atoms with Gasteiger partial charge in [0.2, 0.25) is 12.4 Å². The number of ether oxygens (including phenoxy) is 5. The molecular weight excluding hydrogens is 344 g/mol. The van der Waals surface area contributed by atoms with Gasteiger partial charge in [0.15, 0.2) is 12.2 Å². The molecule has 0 aromatic heterocycles. The molecule has 0 radical (unpaired) electrons. The van der Waals surface area contributed by atoms with E-state index in [2.05, 4.69) is 0 Å². The molecule has 1 saturated heterocycles. The minimum absolute atomic E-state index is 0.0775. The Bertz CT molecular complexity index is 671. The van der Waals surface area contributed by atoms with Crippen molar-refractivity contribution in [2.45, 2.75) is 52.3 Å². The lowest BCUT2D eigenvalue weighted by Gasteiger charge is -2.40. The van der Waals surface area contributed by atoms with Crippen LogP contribution in [0.1, 0.15) is 26.3 Å². The average Bonchev–Trinajstić information content (AvgIpc) is 2.53. The number of benzene rings is 1. The summed E-state index contributed by atoms with van der Waals surface area (Å²) in [6.45, 7) is 5.42. The summed E-state index contributed by atoms with van der Waals surface area (Å²) in [4.78, 5) is 34.4. The van der Waals surface area contributed by atoms with Gasteiger partial charge in [-0.05, 0) is 18.6 Å². The molecule has 0 N–H and O–H groups in total. The Hall–Kier alpha value is -2.61. The highest BCUT2D eigenvalue weighted by molar-refractivity contribution is 5.68.